The van der Waals surface area contributed by atoms with E-state index in [1.54, 1.807) is 25.2 Å². The third-order valence-corrected chi connectivity index (χ3v) is 4.49. The van der Waals surface area contributed by atoms with Crippen LogP contribution in [0.15, 0.2) is 32.5 Å². The Balaban J connectivity index is 1.88. The molecule has 6 nitrogen and oxygen atoms in total. The zero-order valence-electron chi connectivity index (χ0n) is 11.0. The lowest BCUT2D eigenvalue weighted by molar-refractivity contribution is -0.772. The Morgan fingerprint density at radius 1 is 1.48 bits per heavy atom. The van der Waals surface area contributed by atoms with Crippen molar-refractivity contribution in [3.63, 3.8) is 0 Å². The molecule has 0 fully saturated rings. The molecule has 21 heavy (non-hydrogen) atoms. The highest BCUT2D eigenvalue weighted by Crippen LogP contribution is 2.29. The molecule has 0 unspecified atom stereocenters. The minimum absolute atomic E-state index is 0.214. The molecule has 2 rings (SSSR count). The highest BCUT2D eigenvalue weighted by molar-refractivity contribution is 7.99. The van der Waals surface area contributed by atoms with Gasteiger partial charge in [-0.15, -0.1) is 0 Å². The van der Waals surface area contributed by atoms with Gasteiger partial charge in [0.2, 0.25) is 5.91 Å². The SMILES string of the molecule is C[n+]1[nH]oc(=O)c1SCCC(=O)Nc1cccc(Cl)c1Cl. The van der Waals surface area contributed by atoms with E-state index in [1.165, 1.54) is 16.4 Å². The standard InChI is InChI=1S/C12H11Cl2N3O3S/c1-17-11(12(19)20-16-17)21-6-5-9(18)15-8-4-2-3-7(13)10(8)14/h2-4H,5-6H2,1H3,(H-,15,16,18,19)/p+1. The van der Waals surface area contributed by atoms with Gasteiger partial charge in [0.1, 0.15) is 0 Å². The zero-order valence-corrected chi connectivity index (χ0v) is 13.3. The van der Waals surface area contributed by atoms with E-state index in [2.05, 4.69) is 15.1 Å². The van der Waals surface area contributed by atoms with E-state index in [4.69, 9.17) is 23.2 Å². The molecule has 0 aliphatic heterocycles. The Kier molecular flexibility index (Phi) is 5.33. The Morgan fingerprint density at radius 3 is 2.90 bits per heavy atom. The molecule has 0 bridgehead atoms. The van der Waals surface area contributed by atoms with Gasteiger partial charge in [-0.25, -0.2) is 4.79 Å². The maximum atomic E-state index is 11.8. The number of carbonyl (C=O) groups is 1. The number of H-pyrrole nitrogens is 1. The van der Waals surface area contributed by atoms with Gasteiger partial charge in [0.25, 0.3) is 0 Å². The maximum absolute atomic E-state index is 11.8. The molecule has 2 N–H and O–H groups in total. The van der Waals surface area contributed by atoms with Crippen LogP contribution in [0.25, 0.3) is 0 Å². The normalized spacial score (nSPS) is 10.6. The van der Waals surface area contributed by atoms with E-state index < -0.39 is 5.63 Å². The molecule has 1 heterocycles. The van der Waals surface area contributed by atoms with Gasteiger partial charge in [0, 0.05) is 12.2 Å². The lowest BCUT2D eigenvalue weighted by Gasteiger charge is -2.07. The monoisotopic (exact) mass is 348 g/mol. The molecule has 0 aliphatic rings. The largest absolute Gasteiger partial charge is 0.441 e. The molecule has 0 saturated carbocycles. The average Bonchev–Trinajstić information content (AvgIpc) is 2.75. The first-order valence-corrected chi connectivity index (χ1v) is 7.67. The number of hydrogen-bond donors (Lipinski definition) is 2. The first-order valence-electron chi connectivity index (χ1n) is 5.93. The fourth-order valence-electron chi connectivity index (χ4n) is 1.54. The first kappa shape index (κ1) is 15.9. The number of halogens is 2. The third kappa shape index (κ3) is 4.03. The lowest BCUT2D eigenvalue weighted by atomic mass is 10.3. The van der Waals surface area contributed by atoms with E-state index in [0.717, 1.165) is 0 Å². The Morgan fingerprint density at radius 2 is 2.24 bits per heavy atom. The number of amides is 1. The molecule has 0 atom stereocenters. The van der Waals surface area contributed by atoms with Crippen LogP contribution in [0.1, 0.15) is 6.42 Å². The summed E-state index contributed by atoms with van der Waals surface area (Å²) in [5.74, 6) is 0.217. The molecule has 1 amide bonds. The van der Waals surface area contributed by atoms with E-state index in [9.17, 15) is 9.59 Å². The Hall–Kier alpha value is -1.44. The predicted molar refractivity (Wildman–Crippen MR) is 80.9 cm³/mol. The van der Waals surface area contributed by atoms with Crippen molar-refractivity contribution in [1.82, 2.24) is 5.27 Å². The summed E-state index contributed by atoms with van der Waals surface area (Å²) in [5.41, 5.74) is 0.00618. The number of anilines is 1. The summed E-state index contributed by atoms with van der Waals surface area (Å²) in [4.78, 5) is 23.1. The summed E-state index contributed by atoms with van der Waals surface area (Å²) in [6.07, 6.45) is 0.220. The molecule has 9 heteroatoms. The van der Waals surface area contributed by atoms with Gasteiger partial charge >= 0.3 is 10.7 Å². The van der Waals surface area contributed by atoms with Crippen LogP contribution in [0, 0.1) is 0 Å². The van der Waals surface area contributed by atoms with Crippen LogP contribution in [0.3, 0.4) is 0 Å². The van der Waals surface area contributed by atoms with Gasteiger partial charge in [0.15, 0.2) is 7.05 Å². The van der Waals surface area contributed by atoms with Crippen molar-refractivity contribution in [2.75, 3.05) is 11.1 Å². The van der Waals surface area contributed by atoms with Crippen LogP contribution < -0.4 is 15.6 Å². The van der Waals surface area contributed by atoms with Crippen LogP contribution in [-0.2, 0) is 11.8 Å². The minimum atomic E-state index is -0.458. The highest BCUT2D eigenvalue weighted by atomic mass is 35.5. The maximum Gasteiger partial charge on any atom is 0.441 e. The Bertz CT molecular complexity index is 714. The topological polar surface area (TPSA) is 79.0 Å². The van der Waals surface area contributed by atoms with Crippen LogP contribution >= 0.6 is 35.0 Å². The molecule has 0 radical (unpaired) electrons. The summed E-state index contributed by atoms with van der Waals surface area (Å²) in [6.45, 7) is 0. The number of nitrogens with one attached hydrogen (secondary N) is 2. The number of thioether (sulfide) groups is 1. The predicted octanol–water partition coefficient (Wildman–Crippen LogP) is 2.22. The van der Waals surface area contributed by atoms with E-state index in [1.807, 2.05) is 0 Å². The summed E-state index contributed by atoms with van der Waals surface area (Å²) in [5, 5.41) is 6.17. The number of rotatable bonds is 5. The zero-order chi connectivity index (χ0) is 15.4. The fraction of sp³-hybridized carbons (Fsp3) is 0.250. The first-order chi connectivity index (χ1) is 9.99. The summed E-state index contributed by atoms with van der Waals surface area (Å²) in [6, 6.07) is 5.00. The third-order valence-electron chi connectivity index (χ3n) is 2.55. The van der Waals surface area contributed by atoms with Crippen molar-refractivity contribution in [2.24, 2.45) is 7.05 Å². The second-order valence-electron chi connectivity index (χ2n) is 4.09. The van der Waals surface area contributed by atoms with Crippen molar-refractivity contribution in [1.29, 1.82) is 0 Å². The summed E-state index contributed by atoms with van der Waals surface area (Å²) in [7, 11) is 1.65. The van der Waals surface area contributed by atoms with Crippen molar-refractivity contribution in [3.05, 3.63) is 38.7 Å². The van der Waals surface area contributed by atoms with Gasteiger partial charge in [-0.2, -0.15) is 0 Å². The van der Waals surface area contributed by atoms with E-state index in [0.29, 0.717) is 26.5 Å². The fourth-order valence-corrected chi connectivity index (χ4v) is 2.76. The van der Waals surface area contributed by atoms with Gasteiger partial charge < -0.3 is 5.32 Å². The number of aromatic nitrogens is 2. The number of hydrogen-bond acceptors (Lipinski definition) is 4. The van der Waals surface area contributed by atoms with Crippen molar-refractivity contribution >= 4 is 46.6 Å². The number of benzene rings is 1. The summed E-state index contributed by atoms with van der Waals surface area (Å²) < 4.78 is 6.06. The van der Waals surface area contributed by atoms with Crippen molar-refractivity contribution < 1.29 is 14.0 Å². The molecule has 0 saturated heterocycles. The molecule has 0 spiro atoms. The molecule has 2 aromatic rings. The minimum Gasteiger partial charge on any atom is -0.325 e. The molecule has 1 aromatic heterocycles. The van der Waals surface area contributed by atoms with E-state index in [-0.39, 0.29) is 12.3 Å². The van der Waals surface area contributed by atoms with Crippen LogP contribution in [0.2, 0.25) is 10.0 Å². The highest BCUT2D eigenvalue weighted by Gasteiger charge is 2.18. The van der Waals surface area contributed by atoms with Crippen molar-refractivity contribution in [2.45, 2.75) is 11.4 Å². The lowest BCUT2D eigenvalue weighted by Crippen LogP contribution is -2.33. The quantitative estimate of drug-likeness (QED) is 0.641. The van der Waals surface area contributed by atoms with Gasteiger partial charge in [-0.3, -0.25) is 9.32 Å². The van der Waals surface area contributed by atoms with Crippen LogP contribution in [0.4, 0.5) is 5.69 Å². The second kappa shape index (κ2) is 7.02. The summed E-state index contributed by atoms with van der Waals surface area (Å²) >= 11 is 13.1. The second-order valence-corrected chi connectivity index (χ2v) is 5.96. The number of nitrogens with zero attached hydrogens (tertiary/aromatic N) is 1. The van der Waals surface area contributed by atoms with Crippen LogP contribution in [0.5, 0.6) is 0 Å². The smallest absolute Gasteiger partial charge is 0.325 e. The van der Waals surface area contributed by atoms with Gasteiger partial charge in [-0.05, 0) is 29.2 Å². The molecule has 0 aliphatic carbocycles. The number of carbonyl (C=O) groups excluding carboxylic acids is 1. The molecular weight excluding hydrogens is 337 g/mol. The van der Waals surface area contributed by atoms with E-state index >= 15 is 0 Å². The number of aromatic amines is 1. The van der Waals surface area contributed by atoms with Crippen molar-refractivity contribution in [3.8, 4) is 0 Å². The van der Waals surface area contributed by atoms with Crippen LogP contribution in [-0.4, -0.2) is 16.9 Å². The van der Waals surface area contributed by atoms with Gasteiger partial charge in [-0.1, -0.05) is 34.0 Å². The number of aryl methyl sites for hydroxylation is 1. The Labute approximate surface area is 134 Å². The molecule has 1 aromatic carbocycles. The molecular formula is C12H12Cl2N3O3S+. The molecule has 112 valence electrons. The van der Waals surface area contributed by atoms with Gasteiger partial charge in [0.05, 0.1) is 15.7 Å². The average molecular weight is 349 g/mol.